The van der Waals surface area contributed by atoms with Crippen LogP contribution in [0, 0.1) is 5.82 Å². The van der Waals surface area contributed by atoms with Gasteiger partial charge in [-0.3, -0.25) is 0 Å². The van der Waals surface area contributed by atoms with Crippen LogP contribution in [0.1, 0.15) is 38.3 Å². The molecule has 1 N–H and O–H groups in total. The molecule has 1 rings (SSSR count). The molecular weight excluding hydrogens is 356 g/mol. The third-order valence-corrected chi connectivity index (χ3v) is 3.98. The lowest BCUT2D eigenvalue weighted by molar-refractivity contribution is -0.260. The molecule has 0 radical (unpaired) electrons. The van der Waals surface area contributed by atoms with Gasteiger partial charge in [-0.25, -0.2) is 9.18 Å². The highest BCUT2D eigenvalue weighted by Gasteiger charge is 2.61. The Balaban J connectivity index is 3.47. The molecule has 8 heteroatoms. The van der Waals surface area contributed by atoms with E-state index in [0.29, 0.717) is 0 Å². The molecule has 0 aliphatic carbocycles. The van der Waals surface area contributed by atoms with Gasteiger partial charge < -0.3 is 14.6 Å². The number of carbonyl (C=O) groups excluding carboxylic acids is 1. The lowest BCUT2D eigenvalue weighted by atomic mass is 9.88. The number of aliphatic hydroxyl groups is 1. The third-order valence-electron chi connectivity index (χ3n) is 3.98. The first-order valence-corrected chi connectivity index (χ1v) is 8.04. The second-order valence-corrected chi connectivity index (χ2v) is 5.53. The fraction of sp³-hybridized carbons (Fsp3) is 0.500. The summed E-state index contributed by atoms with van der Waals surface area (Å²) in [4.78, 5) is 11.8. The smallest absolute Gasteiger partial charge is 0.428 e. The standard InChI is InChI=1S/C18H22F4O4/c1-5-11(10-17(24,18(20,21)22)16(23)26-7-3)13-8-9-14(19)12(6-2)15(13)25-4/h5,8-9,24H,6-7,10H2,1-4H3. The predicted octanol–water partition coefficient (Wildman–Crippen LogP) is 4.05. The number of methoxy groups -OCH3 is 1. The van der Waals surface area contributed by atoms with E-state index in [1.807, 2.05) is 0 Å². The first-order chi connectivity index (χ1) is 12.1. The van der Waals surface area contributed by atoms with E-state index >= 15 is 0 Å². The van der Waals surface area contributed by atoms with Gasteiger partial charge in [0.25, 0.3) is 5.60 Å². The molecule has 0 aliphatic rings. The summed E-state index contributed by atoms with van der Waals surface area (Å²) in [5.74, 6) is -2.28. The Bertz CT molecular complexity index is 683. The average Bonchev–Trinajstić information content (AvgIpc) is 2.58. The van der Waals surface area contributed by atoms with E-state index < -0.39 is 30.0 Å². The van der Waals surface area contributed by atoms with Crippen LogP contribution >= 0.6 is 0 Å². The van der Waals surface area contributed by atoms with Crippen LogP contribution in [0.4, 0.5) is 17.6 Å². The van der Waals surface area contributed by atoms with Crippen LogP contribution in [0.5, 0.6) is 5.75 Å². The van der Waals surface area contributed by atoms with Crippen molar-refractivity contribution in [2.45, 2.75) is 45.4 Å². The van der Waals surface area contributed by atoms with E-state index in [-0.39, 0.29) is 35.5 Å². The fourth-order valence-electron chi connectivity index (χ4n) is 2.59. The predicted molar refractivity (Wildman–Crippen MR) is 88.2 cm³/mol. The molecule has 0 spiro atoms. The summed E-state index contributed by atoms with van der Waals surface area (Å²) in [5.41, 5.74) is -3.39. The Morgan fingerprint density at radius 3 is 2.31 bits per heavy atom. The van der Waals surface area contributed by atoms with Crippen molar-refractivity contribution in [1.29, 1.82) is 0 Å². The van der Waals surface area contributed by atoms with Crippen LogP contribution in [-0.2, 0) is 16.0 Å². The zero-order chi connectivity index (χ0) is 20.1. The van der Waals surface area contributed by atoms with Gasteiger partial charge in [0.1, 0.15) is 11.6 Å². The van der Waals surface area contributed by atoms with Crippen LogP contribution in [0.15, 0.2) is 18.2 Å². The Morgan fingerprint density at radius 1 is 1.27 bits per heavy atom. The molecular formula is C18H22F4O4. The van der Waals surface area contributed by atoms with Crippen LogP contribution in [0.25, 0.3) is 5.57 Å². The number of halogens is 4. The molecule has 1 aromatic carbocycles. The van der Waals surface area contributed by atoms with Crippen molar-refractivity contribution < 1.29 is 36.9 Å². The van der Waals surface area contributed by atoms with Crippen LogP contribution in [0.2, 0.25) is 0 Å². The Hall–Kier alpha value is -2.09. The number of hydrogen-bond donors (Lipinski definition) is 1. The maximum atomic E-state index is 13.9. The quantitative estimate of drug-likeness (QED) is 0.575. The molecule has 1 unspecified atom stereocenters. The molecule has 1 atom stereocenters. The van der Waals surface area contributed by atoms with Crippen molar-refractivity contribution >= 4 is 11.5 Å². The number of alkyl halides is 3. The number of carbonyl (C=O) groups is 1. The van der Waals surface area contributed by atoms with Gasteiger partial charge in [-0.2, -0.15) is 13.2 Å². The third kappa shape index (κ3) is 4.17. The van der Waals surface area contributed by atoms with Gasteiger partial charge in [-0.1, -0.05) is 13.0 Å². The number of allylic oxidation sites excluding steroid dienone is 1. The van der Waals surface area contributed by atoms with Gasteiger partial charge in [-0.15, -0.1) is 0 Å². The summed E-state index contributed by atoms with van der Waals surface area (Å²) in [7, 11) is 1.27. The molecule has 0 amide bonds. The highest BCUT2D eigenvalue weighted by Crippen LogP contribution is 2.41. The molecule has 0 aromatic heterocycles. The number of esters is 1. The van der Waals surface area contributed by atoms with Crippen molar-refractivity contribution in [1.82, 2.24) is 0 Å². The van der Waals surface area contributed by atoms with Crippen molar-refractivity contribution in [2.75, 3.05) is 13.7 Å². The molecule has 1 aromatic rings. The molecule has 4 nitrogen and oxygen atoms in total. The van der Waals surface area contributed by atoms with Gasteiger partial charge in [0.05, 0.1) is 13.7 Å². The Kier molecular flexibility index (Phi) is 7.20. The molecule has 0 saturated carbocycles. The first-order valence-electron chi connectivity index (χ1n) is 8.04. The van der Waals surface area contributed by atoms with Gasteiger partial charge in [0.15, 0.2) is 0 Å². The van der Waals surface area contributed by atoms with Crippen molar-refractivity contribution in [3.05, 3.63) is 35.2 Å². The first kappa shape index (κ1) is 22.0. The van der Waals surface area contributed by atoms with E-state index in [1.54, 1.807) is 6.92 Å². The Labute approximate surface area is 149 Å². The Morgan fingerprint density at radius 2 is 1.88 bits per heavy atom. The molecule has 26 heavy (non-hydrogen) atoms. The normalized spacial score (nSPS) is 14.7. The number of benzene rings is 1. The monoisotopic (exact) mass is 378 g/mol. The van der Waals surface area contributed by atoms with Gasteiger partial charge in [-0.05, 0) is 38.0 Å². The molecule has 0 bridgehead atoms. The van der Waals surface area contributed by atoms with Crippen molar-refractivity contribution in [2.24, 2.45) is 0 Å². The number of rotatable bonds is 7. The molecule has 0 aliphatic heterocycles. The summed E-state index contributed by atoms with van der Waals surface area (Å²) in [6, 6.07) is 2.36. The summed E-state index contributed by atoms with van der Waals surface area (Å²) in [6.07, 6.45) is -4.78. The van der Waals surface area contributed by atoms with E-state index in [2.05, 4.69) is 4.74 Å². The second kappa shape index (κ2) is 8.53. The van der Waals surface area contributed by atoms with E-state index in [9.17, 15) is 27.5 Å². The number of hydrogen-bond acceptors (Lipinski definition) is 4. The van der Waals surface area contributed by atoms with E-state index in [0.717, 1.165) is 6.07 Å². The minimum absolute atomic E-state index is 0.0237. The van der Waals surface area contributed by atoms with Crippen molar-refractivity contribution in [3.63, 3.8) is 0 Å². The zero-order valence-corrected chi connectivity index (χ0v) is 15.0. The SMILES string of the molecule is CC=C(CC(O)(C(=O)OCC)C(F)(F)F)c1ccc(F)c(CC)c1OC. The average molecular weight is 378 g/mol. The van der Waals surface area contributed by atoms with Crippen LogP contribution in [-0.4, -0.2) is 36.6 Å². The maximum Gasteiger partial charge on any atom is 0.428 e. The summed E-state index contributed by atoms with van der Waals surface area (Å²) in [6.45, 7) is 4.14. The lowest BCUT2D eigenvalue weighted by Gasteiger charge is -2.29. The van der Waals surface area contributed by atoms with Crippen LogP contribution in [0.3, 0.4) is 0 Å². The van der Waals surface area contributed by atoms with Gasteiger partial charge >= 0.3 is 12.1 Å². The minimum Gasteiger partial charge on any atom is -0.496 e. The summed E-state index contributed by atoms with van der Waals surface area (Å²) in [5, 5.41) is 10.1. The molecule has 0 saturated heterocycles. The van der Waals surface area contributed by atoms with Gasteiger partial charge in [0.2, 0.25) is 0 Å². The van der Waals surface area contributed by atoms with E-state index in [1.165, 1.54) is 33.1 Å². The molecule has 146 valence electrons. The largest absolute Gasteiger partial charge is 0.496 e. The van der Waals surface area contributed by atoms with Crippen molar-refractivity contribution in [3.8, 4) is 5.75 Å². The highest BCUT2D eigenvalue weighted by atomic mass is 19.4. The van der Waals surface area contributed by atoms with E-state index in [4.69, 9.17) is 4.74 Å². The zero-order valence-electron chi connectivity index (χ0n) is 15.0. The summed E-state index contributed by atoms with van der Waals surface area (Å²) < 4.78 is 63.8. The van der Waals surface area contributed by atoms with Crippen LogP contribution < -0.4 is 4.74 Å². The summed E-state index contributed by atoms with van der Waals surface area (Å²) >= 11 is 0. The number of ether oxygens (including phenoxy) is 2. The second-order valence-electron chi connectivity index (χ2n) is 5.53. The lowest BCUT2D eigenvalue weighted by Crippen LogP contribution is -2.53. The molecule has 0 heterocycles. The highest BCUT2D eigenvalue weighted by molar-refractivity contribution is 5.85. The fourth-order valence-corrected chi connectivity index (χ4v) is 2.59. The molecule has 0 fully saturated rings. The topological polar surface area (TPSA) is 55.8 Å². The maximum absolute atomic E-state index is 13.9. The van der Waals surface area contributed by atoms with Gasteiger partial charge in [0, 0.05) is 17.5 Å². The minimum atomic E-state index is -5.26.